The highest BCUT2D eigenvalue weighted by molar-refractivity contribution is 5.58. The largest absolute Gasteiger partial charge is 0.355 e. The molecule has 0 spiro atoms. The number of likely N-dealkylation sites (N-methyl/N-ethyl adjacent to an activating group) is 1. The van der Waals surface area contributed by atoms with Gasteiger partial charge in [-0.1, -0.05) is 6.92 Å². The smallest absolute Gasteiger partial charge is 0.148 e. The maximum absolute atomic E-state index is 5.52. The van der Waals surface area contributed by atoms with Crippen molar-refractivity contribution in [2.75, 3.05) is 44.1 Å². The predicted octanol–water partition coefficient (Wildman–Crippen LogP) is 1.16. The number of hydrazine groups is 1. The van der Waals surface area contributed by atoms with Gasteiger partial charge in [-0.15, -0.1) is 0 Å². The summed E-state index contributed by atoms with van der Waals surface area (Å²) in [4.78, 5) is 13.4. The van der Waals surface area contributed by atoms with E-state index in [1.165, 1.54) is 0 Å². The molecule has 0 aromatic carbocycles. The maximum Gasteiger partial charge on any atom is 0.148 e. The number of nitrogens with two attached hydrogens (primary N) is 1. The van der Waals surface area contributed by atoms with Crippen LogP contribution in [0.25, 0.3) is 0 Å². The van der Waals surface area contributed by atoms with Crippen molar-refractivity contribution in [3.8, 4) is 0 Å². The fourth-order valence-corrected chi connectivity index (χ4v) is 1.98. The molecule has 1 aromatic rings. The molecule has 1 aromatic heterocycles. The average Bonchev–Trinajstić information content (AvgIpc) is 2.36. The summed E-state index contributed by atoms with van der Waals surface area (Å²) in [5.41, 5.74) is 3.65. The van der Waals surface area contributed by atoms with Crippen molar-refractivity contribution in [2.45, 2.75) is 27.2 Å². The molecular formula is C13H26N6. The van der Waals surface area contributed by atoms with Crippen LogP contribution in [0.2, 0.25) is 0 Å². The molecule has 0 atom stereocenters. The fourth-order valence-electron chi connectivity index (χ4n) is 1.98. The number of nitrogens with zero attached hydrogens (tertiary/aromatic N) is 4. The molecular weight excluding hydrogens is 240 g/mol. The van der Waals surface area contributed by atoms with Crippen LogP contribution in [0.3, 0.4) is 0 Å². The number of hydrogen-bond donors (Lipinski definition) is 2. The van der Waals surface area contributed by atoms with Crippen molar-refractivity contribution in [3.63, 3.8) is 0 Å². The zero-order valence-corrected chi connectivity index (χ0v) is 12.7. The van der Waals surface area contributed by atoms with E-state index in [0.29, 0.717) is 5.82 Å². The van der Waals surface area contributed by atoms with E-state index in [9.17, 15) is 0 Å². The van der Waals surface area contributed by atoms with Crippen LogP contribution in [0.15, 0.2) is 0 Å². The van der Waals surface area contributed by atoms with Crippen LogP contribution in [0.5, 0.6) is 0 Å². The van der Waals surface area contributed by atoms with Gasteiger partial charge in [0.1, 0.15) is 17.5 Å². The minimum Gasteiger partial charge on any atom is -0.355 e. The van der Waals surface area contributed by atoms with E-state index in [1.54, 1.807) is 0 Å². The van der Waals surface area contributed by atoms with Crippen LogP contribution in [0.1, 0.15) is 24.7 Å². The minimum atomic E-state index is 0.702. The summed E-state index contributed by atoms with van der Waals surface area (Å²) in [7, 11) is 4.16. The highest BCUT2D eigenvalue weighted by Crippen LogP contribution is 2.23. The van der Waals surface area contributed by atoms with Gasteiger partial charge in [0.05, 0.1) is 0 Å². The van der Waals surface area contributed by atoms with Gasteiger partial charge in [-0.25, -0.2) is 15.8 Å². The van der Waals surface area contributed by atoms with Gasteiger partial charge < -0.3 is 15.2 Å². The Morgan fingerprint density at radius 3 is 2.32 bits per heavy atom. The third-order valence-corrected chi connectivity index (χ3v) is 2.98. The normalized spacial score (nSPS) is 10.9. The molecule has 3 N–H and O–H groups in total. The molecule has 0 saturated carbocycles. The van der Waals surface area contributed by atoms with Gasteiger partial charge in [-0.05, 0) is 34.4 Å². The fraction of sp³-hybridized carbons (Fsp3) is 0.692. The Hall–Kier alpha value is -1.40. The van der Waals surface area contributed by atoms with Crippen LogP contribution in [0, 0.1) is 13.8 Å². The van der Waals surface area contributed by atoms with Gasteiger partial charge in [0, 0.05) is 25.2 Å². The molecule has 0 unspecified atom stereocenters. The molecule has 0 aliphatic rings. The summed E-state index contributed by atoms with van der Waals surface area (Å²) < 4.78 is 0. The lowest BCUT2D eigenvalue weighted by atomic mass is 10.2. The summed E-state index contributed by atoms with van der Waals surface area (Å²) in [6.45, 7) is 8.99. The lowest BCUT2D eigenvalue weighted by Gasteiger charge is -2.27. The summed E-state index contributed by atoms with van der Waals surface area (Å²) in [5.74, 6) is 7.93. The number of rotatable bonds is 7. The van der Waals surface area contributed by atoms with Crippen molar-refractivity contribution in [1.29, 1.82) is 0 Å². The first-order valence-electron chi connectivity index (χ1n) is 6.71. The van der Waals surface area contributed by atoms with Crippen molar-refractivity contribution >= 4 is 11.6 Å². The maximum atomic E-state index is 5.52. The molecule has 0 radical (unpaired) electrons. The topological polar surface area (TPSA) is 70.3 Å². The standard InChI is InChI=1S/C13H26N6/c1-6-7-19(9-8-18(4)5)13-10(2)12(17-14)15-11(3)16-13/h6-9,14H2,1-5H3,(H,15,16,17). The Bertz CT molecular complexity index is 404. The van der Waals surface area contributed by atoms with Crippen LogP contribution >= 0.6 is 0 Å². The quantitative estimate of drug-likeness (QED) is 0.570. The molecule has 6 nitrogen and oxygen atoms in total. The second-order valence-corrected chi connectivity index (χ2v) is 5.00. The molecule has 0 aliphatic carbocycles. The van der Waals surface area contributed by atoms with Crippen LogP contribution < -0.4 is 16.2 Å². The van der Waals surface area contributed by atoms with Gasteiger partial charge in [-0.2, -0.15) is 0 Å². The summed E-state index contributed by atoms with van der Waals surface area (Å²) in [6, 6.07) is 0. The van der Waals surface area contributed by atoms with E-state index in [0.717, 1.165) is 43.3 Å². The first-order chi connectivity index (χ1) is 8.99. The number of aromatic nitrogens is 2. The highest BCUT2D eigenvalue weighted by atomic mass is 15.3. The number of hydrogen-bond acceptors (Lipinski definition) is 6. The first kappa shape index (κ1) is 15.7. The molecule has 108 valence electrons. The molecule has 1 rings (SSSR count). The second-order valence-electron chi connectivity index (χ2n) is 5.00. The zero-order chi connectivity index (χ0) is 14.4. The molecule has 1 heterocycles. The molecule has 0 bridgehead atoms. The zero-order valence-electron chi connectivity index (χ0n) is 12.7. The molecule has 6 heteroatoms. The number of anilines is 2. The summed E-state index contributed by atoms with van der Waals surface area (Å²) >= 11 is 0. The Morgan fingerprint density at radius 2 is 1.79 bits per heavy atom. The third-order valence-electron chi connectivity index (χ3n) is 2.98. The summed E-state index contributed by atoms with van der Waals surface area (Å²) in [5, 5.41) is 0. The van der Waals surface area contributed by atoms with Crippen molar-refractivity contribution in [1.82, 2.24) is 14.9 Å². The monoisotopic (exact) mass is 266 g/mol. The molecule has 19 heavy (non-hydrogen) atoms. The van der Waals surface area contributed by atoms with Gasteiger partial charge in [0.2, 0.25) is 0 Å². The van der Waals surface area contributed by atoms with E-state index < -0.39 is 0 Å². The Balaban J connectivity index is 3.03. The Kier molecular flexibility index (Phi) is 5.98. The molecule has 0 aliphatic heterocycles. The number of nitrogen functional groups attached to an aromatic ring is 1. The van der Waals surface area contributed by atoms with Crippen LogP contribution in [-0.4, -0.2) is 48.6 Å². The number of aryl methyl sites for hydroxylation is 1. The van der Waals surface area contributed by atoms with Gasteiger partial charge in [0.25, 0.3) is 0 Å². The lowest BCUT2D eigenvalue weighted by molar-refractivity contribution is 0.412. The van der Waals surface area contributed by atoms with E-state index in [2.05, 4.69) is 46.2 Å². The van der Waals surface area contributed by atoms with E-state index >= 15 is 0 Å². The third kappa shape index (κ3) is 4.33. The number of nitrogens with one attached hydrogen (secondary N) is 1. The van der Waals surface area contributed by atoms with Crippen LogP contribution in [-0.2, 0) is 0 Å². The van der Waals surface area contributed by atoms with E-state index in [4.69, 9.17) is 5.84 Å². The van der Waals surface area contributed by atoms with Gasteiger partial charge in [-0.3, -0.25) is 0 Å². The van der Waals surface area contributed by atoms with Gasteiger partial charge in [0.15, 0.2) is 0 Å². The Morgan fingerprint density at radius 1 is 1.11 bits per heavy atom. The first-order valence-corrected chi connectivity index (χ1v) is 6.71. The summed E-state index contributed by atoms with van der Waals surface area (Å²) in [6.07, 6.45) is 1.08. The molecule has 0 saturated heterocycles. The molecule has 0 fully saturated rings. The van der Waals surface area contributed by atoms with Gasteiger partial charge >= 0.3 is 0 Å². The highest BCUT2D eigenvalue weighted by Gasteiger charge is 2.14. The Labute approximate surface area is 116 Å². The van der Waals surface area contributed by atoms with Crippen molar-refractivity contribution < 1.29 is 0 Å². The van der Waals surface area contributed by atoms with Crippen molar-refractivity contribution in [3.05, 3.63) is 11.4 Å². The van der Waals surface area contributed by atoms with Crippen molar-refractivity contribution in [2.24, 2.45) is 5.84 Å². The lowest BCUT2D eigenvalue weighted by Crippen LogP contribution is -2.34. The molecule has 0 amide bonds. The minimum absolute atomic E-state index is 0.702. The second kappa shape index (κ2) is 7.25. The van der Waals surface area contributed by atoms with E-state index in [-0.39, 0.29) is 0 Å². The average molecular weight is 266 g/mol. The van der Waals surface area contributed by atoms with E-state index in [1.807, 2.05) is 13.8 Å². The predicted molar refractivity (Wildman–Crippen MR) is 80.4 cm³/mol. The van der Waals surface area contributed by atoms with Crippen LogP contribution in [0.4, 0.5) is 11.6 Å². The SMILES string of the molecule is CCCN(CCN(C)C)c1nc(C)nc(NN)c1C.